The highest BCUT2D eigenvalue weighted by molar-refractivity contribution is 5.57. The molecule has 0 unspecified atom stereocenters. The average molecular weight is 765 g/mol. The molecular weight excluding hydrogens is 721 g/mol. The van der Waals surface area contributed by atoms with E-state index < -0.39 is 21.7 Å². The molecule has 3 aliphatic heterocycles. The molecule has 288 valence electrons. The van der Waals surface area contributed by atoms with Crippen LogP contribution in [0, 0.1) is 0 Å². The van der Waals surface area contributed by atoms with Crippen molar-refractivity contribution in [1.82, 2.24) is 19.9 Å². The largest absolute Gasteiger partial charge is 0.457 e. The maximum absolute atomic E-state index is 6.29. The van der Waals surface area contributed by atoms with Gasteiger partial charge >= 0.3 is 0 Å². The van der Waals surface area contributed by atoms with Gasteiger partial charge in [-0.1, -0.05) is 48.5 Å². The van der Waals surface area contributed by atoms with Crippen LogP contribution in [-0.2, 0) is 21.7 Å². The predicted molar refractivity (Wildman–Crippen MR) is 223 cm³/mol. The minimum Gasteiger partial charge on any atom is -0.457 e. The molecule has 4 aromatic carbocycles. The first-order valence-corrected chi connectivity index (χ1v) is 19.9. The van der Waals surface area contributed by atoms with Gasteiger partial charge in [0, 0.05) is 45.6 Å². The van der Waals surface area contributed by atoms with Crippen LogP contribution in [0.3, 0.4) is 0 Å². The summed E-state index contributed by atoms with van der Waals surface area (Å²) in [6.07, 6.45) is 0. The summed E-state index contributed by atoms with van der Waals surface area (Å²) in [6, 6.07) is 51.3. The lowest BCUT2D eigenvalue weighted by molar-refractivity contribution is 0.119. The Morgan fingerprint density at radius 3 is 0.724 bits per heavy atom. The summed E-state index contributed by atoms with van der Waals surface area (Å²) in [5.74, 6) is 2.92. The number of hydrogen-bond acceptors (Lipinski definition) is 4. The predicted octanol–water partition coefficient (Wildman–Crippen LogP) is 10.2. The number of aromatic nitrogens is 4. The molecule has 4 aromatic heterocycles. The number of nitrogens with one attached hydrogen (secondary N) is 4. The van der Waals surface area contributed by atoms with Gasteiger partial charge in [0.1, 0.15) is 23.0 Å². The maximum atomic E-state index is 6.29. The van der Waals surface area contributed by atoms with E-state index in [0.29, 0.717) is 0 Å². The molecule has 0 amide bonds. The minimum atomic E-state index is -0.660. The SMILES string of the molecule is CC12c3cccc(c3)OCOc3cccc(c3)C(C)(c3ccc1[nH]3)c1ccc([nH]1)C1(C)c3cccc(c3)OCOc3cccc(c3)C(C)(c3ccc1[nH]3)c1ccc2[nH]1. The molecule has 58 heavy (non-hydrogen) atoms. The van der Waals surface area contributed by atoms with Crippen molar-refractivity contribution in [3.8, 4) is 23.0 Å². The van der Waals surface area contributed by atoms with Crippen molar-refractivity contribution < 1.29 is 18.9 Å². The smallest absolute Gasteiger partial charge is 0.230 e. The first-order chi connectivity index (χ1) is 28.2. The average Bonchev–Trinajstić information content (AvgIpc) is 4.10. The quantitative estimate of drug-likeness (QED) is 0.124. The lowest BCUT2D eigenvalue weighted by atomic mass is 9.76. The second-order valence-corrected chi connectivity index (χ2v) is 16.6. The highest BCUT2D eigenvalue weighted by atomic mass is 16.7. The van der Waals surface area contributed by atoms with Crippen LogP contribution >= 0.6 is 0 Å². The standard InChI is InChI=1S/C50H44N4O4/c1-47-31-9-5-13-35(25-31)55-29-56-36-14-6-10-32(26-36)48(2,40-18-17-39(47)51-40)45-23-24-46(54-45)50(4)34-12-8-16-38(28-34)58-30-57-37-15-7-11-33(27-37)49(3,41-19-20-42(50)52-41)44-22-21-43(47)53-44/h5-28,51-54H,29-30H2,1-4H3. The van der Waals surface area contributed by atoms with E-state index in [2.05, 4.69) is 169 Å². The Morgan fingerprint density at radius 1 is 0.310 bits per heavy atom. The van der Waals surface area contributed by atoms with Gasteiger partial charge in [0.05, 0.1) is 21.7 Å². The molecule has 8 nitrogen and oxygen atoms in total. The Bertz CT molecular complexity index is 2490. The van der Waals surface area contributed by atoms with Crippen LogP contribution in [-0.4, -0.2) is 33.5 Å². The first kappa shape index (κ1) is 34.4. The summed E-state index contributed by atoms with van der Waals surface area (Å²) in [5, 5.41) is 0. The van der Waals surface area contributed by atoms with Crippen LogP contribution < -0.4 is 18.9 Å². The van der Waals surface area contributed by atoms with Crippen LogP contribution in [0.5, 0.6) is 23.0 Å². The number of benzene rings is 4. The number of fused-ring (bicyclic) bond motifs is 20. The third kappa shape index (κ3) is 4.87. The number of hydrogen-bond donors (Lipinski definition) is 4. The molecule has 0 fully saturated rings. The fraction of sp³-hybridized carbons (Fsp3) is 0.200. The molecule has 11 rings (SSSR count). The second-order valence-electron chi connectivity index (χ2n) is 16.6. The monoisotopic (exact) mass is 764 g/mol. The molecule has 0 aliphatic carbocycles. The molecule has 20 bridgehead atoms. The van der Waals surface area contributed by atoms with Crippen LogP contribution in [0.25, 0.3) is 0 Å². The van der Waals surface area contributed by atoms with Gasteiger partial charge < -0.3 is 38.9 Å². The van der Waals surface area contributed by atoms with Crippen molar-refractivity contribution in [3.05, 3.63) is 213 Å². The van der Waals surface area contributed by atoms with Crippen molar-refractivity contribution >= 4 is 0 Å². The summed E-state index contributed by atoms with van der Waals surface area (Å²) < 4.78 is 25.2. The topological polar surface area (TPSA) is 100 Å². The number of aromatic amines is 4. The van der Waals surface area contributed by atoms with E-state index >= 15 is 0 Å². The van der Waals surface area contributed by atoms with E-state index in [-0.39, 0.29) is 13.6 Å². The van der Waals surface area contributed by atoms with E-state index in [0.717, 1.165) is 90.8 Å². The van der Waals surface area contributed by atoms with Crippen LogP contribution in [0.1, 0.15) is 95.5 Å². The van der Waals surface area contributed by atoms with E-state index in [1.54, 1.807) is 0 Å². The Labute approximate surface area is 337 Å². The lowest BCUT2D eigenvalue weighted by Crippen LogP contribution is -2.32. The van der Waals surface area contributed by atoms with Crippen molar-refractivity contribution in [2.45, 2.75) is 49.4 Å². The molecule has 8 aromatic rings. The fourth-order valence-electron chi connectivity index (χ4n) is 9.66. The number of H-pyrrole nitrogens is 4. The van der Waals surface area contributed by atoms with Gasteiger partial charge in [0.25, 0.3) is 0 Å². The highest BCUT2D eigenvalue weighted by Crippen LogP contribution is 2.49. The molecule has 3 aliphatic rings. The molecule has 7 heterocycles. The van der Waals surface area contributed by atoms with Crippen LogP contribution in [0.15, 0.2) is 146 Å². The zero-order valence-electron chi connectivity index (χ0n) is 32.9. The Balaban J connectivity index is 1.27. The van der Waals surface area contributed by atoms with E-state index in [1.165, 1.54) is 0 Å². The molecule has 0 spiro atoms. The van der Waals surface area contributed by atoms with Gasteiger partial charge in [-0.3, -0.25) is 0 Å². The molecule has 8 heteroatoms. The lowest BCUT2D eigenvalue weighted by Gasteiger charge is -2.34. The zero-order valence-corrected chi connectivity index (χ0v) is 32.9. The summed E-state index contributed by atoms with van der Waals surface area (Å²) in [4.78, 5) is 16.1. The zero-order chi connectivity index (χ0) is 39.3. The summed E-state index contributed by atoms with van der Waals surface area (Å²) in [7, 11) is 0. The Morgan fingerprint density at radius 2 is 0.517 bits per heavy atom. The van der Waals surface area contributed by atoms with E-state index in [1.807, 2.05) is 24.3 Å². The highest BCUT2D eigenvalue weighted by Gasteiger charge is 2.44. The Kier molecular flexibility index (Phi) is 7.33. The third-order valence-corrected chi connectivity index (χ3v) is 13.6. The molecule has 0 saturated heterocycles. The summed E-state index contributed by atoms with van der Waals surface area (Å²) >= 11 is 0. The first-order valence-electron chi connectivity index (χ1n) is 19.9. The van der Waals surface area contributed by atoms with Crippen molar-refractivity contribution in [2.24, 2.45) is 0 Å². The van der Waals surface area contributed by atoms with E-state index in [4.69, 9.17) is 18.9 Å². The second kappa shape index (κ2) is 12.3. The minimum absolute atomic E-state index is 0.0722. The molecular formula is C50H44N4O4. The van der Waals surface area contributed by atoms with Gasteiger partial charge in [0.2, 0.25) is 13.6 Å². The van der Waals surface area contributed by atoms with E-state index in [9.17, 15) is 0 Å². The molecule has 4 N–H and O–H groups in total. The summed E-state index contributed by atoms with van der Waals surface area (Å²) in [5.41, 5.74) is 9.95. The molecule has 0 atom stereocenters. The van der Waals surface area contributed by atoms with Crippen molar-refractivity contribution in [3.63, 3.8) is 0 Å². The van der Waals surface area contributed by atoms with Gasteiger partial charge in [-0.05, 0) is 147 Å². The molecule has 0 saturated carbocycles. The maximum Gasteiger partial charge on any atom is 0.230 e. The van der Waals surface area contributed by atoms with Crippen molar-refractivity contribution in [2.75, 3.05) is 13.6 Å². The van der Waals surface area contributed by atoms with Crippen LogP contribution in [0.4, 0.5) is 0 Å². The van der Waals surface area contributed by atoms with Gasteiger partial charge in [-0.25, -0.2) is 0 Å². The van der Waals surface area contributed by atoms with Crippen LogP contribution in [0.2, 0.25) is 0 Å². The fourth-order valence-corrected chi connectivity index (χ4v) is 9.66. The van der Waals surface area contributed by atoms with Gasteiger partial charge in [0.15, 0.2) is 0 Å². The van der Waals surface area contributed by atoms with Gasteiger partial charge in [-0.15, -0.1) is 0 Å². The summed E-state index contributed by atoms with van der Waals surface area (Å²) in [6.45, 7) is 9.27. The van der Waals surface area contributed by atoms with Crippen molar-refractivity contribution in [1.29, 1.82) is 0 Å². The third-order valence-electron chi connectivity index (χ3n) is 13.6. The Hall–Kier alpha value is -6.80. The number of ether oxygens (including phenoxy) is 4. The normalized spacial score (nSPS) is 24.2. The van der Waals surface area contributed by atoms with Gasteiger partial charge in [-0.2, -0.15) is 0 Å². The molecule has 0 radical (unpaired) electrons. The number of rotatable bonds is 0.